The molecule has 0 N–H and O–H groups in total. The molecule has 0 fully saturated rings. The Morgan fingerprint density at radius 2 is 1.44 bits per heavy atom. The smallest absolute Gasteiger partial charge is 0.203 e. The molecular weight excluding hydrogens is 312 g/mol. The first-order valence-corrected chi connectivity index (χ1v) is 8.11. The third kappa shape index (κ3) is 4.42. The van der Waals surface area contributed by atoms with E-state index in [2.05, 4.69) is 0 Å². The van der Waals surface area contributed by atoms with Gasteiger partial charge in [0, 0.05) is 17.5 Å². The maximum Gasteiger partial charge on any atom is 0.203 e. The lowest BCUT2D eigenvalue weighted by Crippen LogP contribution is -2.30. The molecule has 3 heteroatoms. The van der Waals surface area contributed by atoms with Gasteiger partial charge in [0.15, 0.2) is 6.10 Å². The number of hydrogen-bond donors (Lipinski definition) is 0. The van der Waals surface area contributed by atoms with Crippen LogP contribution in [-0.4, -0.2) is 18.2 Å². The first-order chi connectivity index (χ1) is 12.3. The third-order valence-electron chi connectivity index (χ3n) is 3.91. The standard InChI is InChI=1S/C22H18O3/c23-16-18-11-13-20(14-12-18)25-21(15-17-7-3-1-4-8-17)22(24)19-9-5-2-6-10-19/h1-14,16,21H,15H2. The van der Waals surface area contributed by atoms with Crippen LogP contribution in [0.3, 0.4) is 0 Å². The van der Waals surface area contributed by atoms with Crippen LogP contribution in [0.1, 0.15) is 26.3 Å². The molecule has 0 aromatic heterocycles. The van der Waals surface area contributed by atoms with Crippen LogP contribution in [-0.2, 0) is 6.42 Å². The predicted octanol–water partition coefficient (Wildman–Crippen LogP) is 4.37. The largest absolute Gasteiger partial charge is 0.482 e. The van der Waals surface area contributed by atoms with E-state index in [9.17, 15) is 9.59 Å². The van der Waals surface area contributed by atoms with Gasteiger partial charge in [-0.25, -0.2) is 0 Å². The Hall–Kier alpha value is -3.20. The van der Waals surface area contributed by atoms with Crippen molar-refractivity contribution >= 4 is 12.1 Å². The van der Waals surface area contributed by atoms with Gasteiger partial charge in [0.25, 0.3) is 0 Å². The normalized spacial score (nSPS) is 11.5. The molecule has 0 spiro atoms. The fourth-order valence-electron chi connectivity index (χ4n) is 2.59. The summed E-state index contributed by atoms with van der Waals surface area (Å²) in [7, 11) is 0. The Balaban J connectivity index is 1.85. The minimum absolute atomic E-state index is 0.0658. The Morgan fingerprint density at radius 3 is 2.04 bits per heavy atom. The minimum Gasteiger partial charge on any atom is -0.482 e. The maximum absolute atomic E-state index is 12.9. The van der Waals surface area contributed by atoms with Crippen molar-refractivity contribution in [3.63, 3.8) is 0 Å². The second kappa shape index (κ2) is 8.06. The van der Waals surface area contributed by atoms with Crippen LogP contribution in [0.4, 0.5) is 0 Å². The fourth-order valence-corrected chi connectivity index (χ4v) is 2.59. The molecule has 0 saturated heterocycles. The summed E-state index contributed by atoms with van der Waals surface area (Å²) in [5.74, 6) is 0.500. The lowest BCUT2D eigenvalue weighted by atomic mass is 10.00. The monoisotopic (exact) mass is 330 g/mol. The molecule has 0 amide bonds. The number of ether oxygens (including phenoxy) is 1. The van der Waals surface area contributed by atoms with Gasteiger partial charge in [-0.05, 0) is 29.8 Å². The van der Waals surface area contributed by atoms with E-state index in [1.807, 2.05) is 48.5 Å². The van der Waals surface area contributed by atoms with Crippen molar-refractivity contribution < 1.29 is 14.3 Å². The molecule has 0 radical (unpaired) electrons. The molecule has 1 atom stereocenters. The van der Waals surface area contributed by atoms with Crippen molar-refractivity contribution in [1.82, 2.24) is 0 Å². The number of Topliss-reactive ketones (excluding diaryl/α,β-unsaturated/α-hetero) is 1. The van der Waals surface area contributed by atoms with E-state index in [4.69, 9.17) is 4.74 Å². The number of carbonyl (C=O) groups excluding carboxylic acids is 2. The fraction of sp³-hybridized carbons (Fsp3) is 0.0909. The van der Waals surface area contributed by atoms with Gasteiger partial charge in [0.2, 0.25) is 5.78 Å². The summed E-state index contributed by atoms with van der Waals surface area (Å²) in [6, 6.07) is 25.7. The van der Waals surface area contributed by atoms with Gasteiger partial charge in [-0.3, -0.25) is 9.59 Å². The summed E-state index contributed by atoms with van der Waals surface area (Å²) < 4.78 is 5.97. The van der Waals surface area contributed by atoms with Crippen LogP contribution < -0.4 is 4.74 Å². The minimum atomic E-state index is -0.633. The number of benzene rings is 3. The van der Waals surface area contributed by atoms with E-state index in [0.717, 1.165) is 11.8 Å². The molecule has 124 valence electrons. The lowest BCUT2D eigenvalue weighted by Gasteiger charge is -2.18. The molecule has 0 heterocycles. The van der Waals surface area contributed by atoms with E-state index in [-0.39, 0.29) is 5.78 Å². The quantitative estimate of drug-likeness (QED) is 0.477. The van der Waals surface area contributed by atoms with Crippen molar-refractivity contribution in [2.24, 2.45) is 0 Å². The molecule has 0 aliphatic heterocycles. The number of aldehydes is 1. The molecule has 3 aromatic carbocycles. The van der Waals surface area contributed by atoms with Crippen molar-refractivity contribution in [2.75, 3.05) is 0 Å². The van der Waals surface area contributed by atoms with Crippen LogP contribution in [0.2, 0.25) is 0 Å². The zero-order valence-corrected chi connectivity index (χ0v) is 13.7. The summed E-state index contributed by atoms with van der Waals surface area (Å²) in [6.45, 7) is 0. The van der Waals surface area contributed by atoms with Crippen LogP contribution in [0.15, 0.2) is 84.9 Å². The molecule has 3 aromatic rings. The highest BCUT2D eigenvalue weighted by Crippen LogP contribution is 2.18. The molecule has 0 saturated carbocycles. The van der Waals surface area contributed by atoms with Crippen LogP contribution in [0.5, 0.6) is 5.75 Å². The van der Waals surface area contributed by atoms with Crippen LogP contribution in [0, 0.1) is 0 Å². The summed E-state index contributed by atoms with van der Waals surface area (Å²) >= 11 is 0. The average molecular weight is 330 g/mol. The number of carbonyl (C=O) groups is 2. The molecule has 25 heavy (non-hydrogen) atoms. The van der Waals surface area contributed by atoms with Crippen molar-refractivity contribution in [3.8, 4) is 5.75 Å². The van der Waals surface area contributed by atoms with E-state index in [0.29, 0.717) is 23.3 Å². The highest BCUT2D eigenvalue weighted by molar-refractivity contribution is 5.99. The van der Waals surface area contributed by atoms with Crippen molar-refractivity contribution in [3.05, 3.63) is 102 Å². The van der Waals surface area contributed by atoms with Gasteiger partial charge in [-0.15, -0.1) is 0 Å². The first-order valence-electron chi connectivity index (χ1n) is 8.11. The lowest BCUT2D eigenvalue weighted by molar-refractivity contribution is 0.0792. The zero-order chi connectivity index (χ0) is 17.5. The van der Waals surface area contributed by atoms with Gasteiger partial charge >= 0.3 is 0 Å². The summed E-state index contributed by atoms with van der Waals surface area (Å²) in [6.07, 6.45) is 0.622. The highest BCUT2D eigenvalue weighted by atomic mass is 16.5. The summed E-state index contributed by atoms with van der Waals surface area (Å²) in [5, 5.41) is 0. The predicted molar refractivity (Wildman–Crippen MR) is 97.2 cm³/mol. The van der Waals surface area contributed by atoms with Gasteiger partial charge in [0.1, 0.15) is 12.0 Å². The average Bonchev–Trinajstić information content (AvgIpc) is 2.69. The van der Waals surface area contributed by atoms with E-state index in [1.165, 1.54) is 0 Å². The molecular formula is C22H18O3. The third-order valence-corrected chi connectivity index (χ3v) is 3.91. The maximum atomic E-state index is 12.9. The highest BCUT2D eigenvalue weighted by Gasteiger charge is 2.22. The van der Waals surface area contributed by atoms with Gasteiger partial charge in [0.05, 0.1) is 0 Å². The molecule has 0 bridgehead atoms. The van der Waals surface area contributed by atoms with Crippen LogP contribution >= 0.6 is 0 Å². The molecule has 0 aliphatic rings. The zero-order valence-electron chi connectivity index (χ0n) is 13.7. The molecule has 3 rings (SSSR count). The van der Waals surface area contributed by atoms with Gasteiger partial charge < -0.3 is 4.74 Å². The van der Waals surface area contributed by atoms with Crippen molar-refractivity contribution in [2.45, 2.75) is 12.5 Å². The SMILES string of the molecule is O=Cc1ccc(OC(Cc2ccccc2)C(=O)c2ccccc2)cc1. The molecule has 1 unspecified atom stereocenters. The van der Waals surface area contributed by atoms with Gasteiger partial charge in [-0.2, -0.15) is 0 Å². The Kier molecular flexibility index (Phi) is 5.37. The Bertz CT molecular complexity index is 824. The summed E-state index contributed by atoms with van der Waals surface area (Å²) in [4.78, 5) is 23.7. The van der Waals surface area contributed by atoms with E-state index < -0.39 is 6.10 Å². The van der Waals surface area contributed by atoms with E-state index >= 15 is 0 Å². The summed E-state index contributed by atoms with van der Waals surface area (Å²) in [5.41, 5.74) is 2.22. The van der Waals surface area contributed by atoms with E-state index in [1.54, 1.807) is 36.4 Å². The first kappa shape index (κ1) is 16.7. The second-order valence-corrected chi connectivity index (χ2v) is 5.71. The Labute approximate surface area is 146 Å². The Morgan fingerprint density at radius 1 is 0.840 bits per heavy atom. The second-order valence-electron chi connectivity index (χ2n) is 5.71. The number of hydrogen-bond acceptors (Lipinski definition) is 3. The van der Waals surface area contributed by atoms with Gasteiger partial charge in [-0.1, -0.05) is 60.7 Å². The topological polar surface area (TPSA) is 43.4 Å². The van der Waals surface area contributed by atoms with Crippen molar-refractivity contribution in [1.29, 1.82) is 0 Å². The number of rotatable bonds is 7. The molecule has 3 nitrogen and oxygen atoms in total. The molecule has 0 aliphatic carbocycles. The number of ketones is 1. The van der Waals surface area contributed by atoms with Crippen LogP contribution in [0.25, 0.3) is 0 Å².